The first kappa shape index (κ1) is 22.7. The van der Waals surface area contributed by atoms with Crippen LogP contribution in [0.5, 0.6) is 0 Å². The van der Waals surface area contributed by atoms with Gasteiger partial charge in [-0.3, -0.25) is 0 Å². The van der Waals surface area contributed by atoms with Gasteiger partial charge < -0.3 is 4.90 Å². The molecule has 1 heteroatoms. The van der Waals surface area contributed by atoms with Crippen molar-refractivity contribution in [1.29, 1.82) is 0 Å². The average Bonchev–Trinajstić information content (AvgIpc) is 3.30. The van der Waals surface area contributed by atoms with Crippen LogP contribution in [-0.2, 0) is 5.41 Å². The summed E-state index contributed by atoms with van der Waals surface area (Å²) < 4.78 is 0. The Labute approximate surface area is 240 Å². The smallest absolute Gasteiger partial charge is 0.0754 e. The second-order valence-corrected chi connectivity index (χ2v) is 11.4. The lowest BCUT2D eigenvalue weighted by molar-refractivity contribution is 0.755. The minimum Gasteiger partial charge on any atom is -0.310 e. The molecule has 1 heterocycles. The SMILES string of the molecule is Cc1ccc2c(c1)C1(c3ccccc3-2)c2cc3ccccc3cc2N(c2ccccc2)c2cc3ccccc3cc21. The summed E-state index contributed by atoms with van der Waals surface area (Å²) in [4.78, 5) is 2.49. The molecule has 0 radical (unpaired) electrons. The summed E-state index contributed by atoms with van der Waals surface area (Å²) in [5, 5.41) is 5.03. The molecule has 192 valence electrons. The van der Waals surface area contributed by atoms with Crippen molar-refractivity contribution in [2.45, 2.75) is 12.3 Å². The number of fused-ring (bicyclic) bond motifs is 11. The highest BCUT2D eigenvalue weighted by molar-refractivity contribution is 6.03. The first-order valence-corrected chi connectivity index (χ1v) is 14.4. The maximum Gasteiger partial charge on any atom is 0.0754 e. The van der Waals surface area contributed by atoms with Gasteiger partial charge in [-0.05, 0) is 98.2 Å². The third-order valence-electron chi connectivity index (χ3n) is 9.23. The minimum absolute atomic E-state index is 0.443. The zero-order chi connectivity index (χ0) is 27.1. The minimum atomic E-state index is -0.443. The predicted molar refractivity (Wildman–Crippen MR) is 172 cm³/mol. The van der Waals surface area contributed by atoms with E-state index in [1.807, 2.05) is 0 Å². The lowest BCUT2D eigenvalue weighted by atomic mass is 9.64. The van der Waals surface area contributed by atoms with Gasteiger partial charge in [0.05, 0.1) is 16.8 Å². The zero-order valence-electron chi connectivity index (χ0n) is 22.8. The summed E-state index contributed by atoms with van der Waals surface area (Å²) in [6.45, 7) is 2.22. The molecule has 0 aromatic heterocycles. The van der Waals surface area contributed by atoms with Gasteiger partial charge in [-0.2, -0.15) is 0 Å². The molecule has 0 amide bonds. The van der Waals surface area contributed by atoms with E-state index in [1.54, 1.807) is 0 Å². The van der Waals surface area contributed by atoms with Crippen LogP contribution in [-0.4, -0.2) is 0 Å². The molecule has 41 heavy (non-hydrogen) atoms. The molecule has 2 aliphatic rings. The fraction of sp³-hybridized carbons (Fsp3) is 0.0500. The van der Waals surface area contributed by atoms with Crippen molar-refractivity contribution in [3.8, 4) is 11.1 Å². The number of aryl methyl sites for hydroxylation is 1. The van der Waals surface area contributed by atoms with Gasteiger partial charge in [0.1, 0.15) is 0 Å². The van der Waals surface area contributed by atoms with Crippen LogP contribution in [0, 0.1) is 6.92 Å². The molecular weight excluding hydrogens is 494 g/mol. The highest BCUT2D eigenvalue weighted by Crippen LogP contribution is 2.64. The second kappa shape index (κ2) is 8.19. The number of benzene rings is 7. The van der Waals surface area contributed by atoms with Crippen molar-refractivity contribution in [2.24, 2.45) is 0 Å². The van der Waals surface area contributed by atoms with Crippen molar-refractivity contribution < 1.29 is 0 Å². The van der Waals surface area contributed by atoms with E-state index in [0.29, 0.717) is 0 Å². The topological polar surface area (TPSA) is 3.24 Å². The third kappa shape index (κ3) is 2.96. The van der Waals surface area contributed by atoms with E-state index in [-0.39, 0.29) is 0 Å². The lowest BCUT2D eigenvalue weighted by Crippen LogP contribution is -2.36. The van der Waals surface area contributed by atoms with Crippen LogP contribution < -0.4 is 4.90 Å². The van der Waals surface area contributed by atoms with Gasteiger partial charge in [-0.25, -0.2) is 0 Å². The van der Waals surface area contributed by atoms with Gasteiger partial charge in [-0.1, -0.05) is 115 Å². The Morgan fingerprint density at radius 1 is 0.415 bits per heavy atom. The van der Waals surface area contributed by atoms with Crippen LogP contribution in [0.15, 0.2) is 146 Å². The van der Waals surface area contributed by atoms with Crippen LogP contribution in [0.4, 0.5) is 17.1 Å². The molecule has 1 spiro atoms. The molecular formula is C40H27N. The summed E-state index contributed by atoms with van der Waals surface area (Å²) in [5.41, 5.74) is 12.6. The van der Waals surface area contributed by atoms with E-state index >= 15 is 0 Å². The van der Waals surface area contributed by atoms with Crippen molar-refractivity contribution in [1.82, 2.24) is 0 Å². The van der Waals surface area contributed by atoms with Crippen molar-refractivity contribution in [2.75, 3.05) is 4.90 Å². The van der Waals surface area contributed by atoms with E-state index in [0.717, 1.165) is 0 Å². The third-order valence-corrected chi connectivity index (χ3v) is 9.23. The number of rotatable bonds is 1. The highest BCUT2D eigenvalue weighted by atomic mass is 15.2. The van der Waals surface area contributed by atoms with Gasteiger partial charge in [-0.15, -0.1) is 0 Å². The largest absolute Gasteiger partial charge is 0.310 e. The van der Waals surface area contributed by atoms with Crippen LogP contribution >= 0.6 is 0 Å². The number of anilines is 3. The quantitative estimate of drug-likeness (QED) is 0.208. The predicted octanol–water partition coefficient (Wildman–Crippen LogP) is 10.4. The van der Waals surface area contributed by atoms with Crippen LogP contribution in [0.2, 0.25) is 0 Å². The molecule has 0 atom stereocenters. The molecule has 7 aromatic carbocycles. The van der Waals surface area contributed by atoms with Gasteiger partial charge in [0, 0.05) is 5.69 Å². The molecule has 9 rings (SSSR count). The van der Waals surface area contributed by atoms with E-state index < -0.39 is 5.41 Å². The molecule has 0 saturated heterocycles. The van der Waals surface area contributed by atoms with Gasteiger partial charge in [0.25, 0.3) is 0 Å². The van der Waals surface area contributed by atoms with Crippen molar-refractivity contribution in [3.05, 3.63) is 173 Å². The Morgan fingerprint density at radius 2 is 0.927 bits per heavy atom. The van der Waals surface area contributed by atoms with Crippen molar-refractivity contribution >= 4 is 38.6 Å². The standard InChI is InChI=1S/C40H27N/c1-26-19-20-33-32-17-9-10-18-34(32)40(35(33)21-26)36-22-27-11-5-7-13-29(27)24-38(36)41(31-15-3-2-4-16-31)39-25-30-14-8-6-12-28(30)23-37(39)40/h2-25H,1H3. The molecule has 0 N–H and O–H groups in total. The Morgan fingerprint density at radius 3 is 1.56 bits per heavy atom. The average molecular weight is 522 g/mol. The monoisotopic (exact) mass is 521 g/mol. The number of hydrogen-bond donors (Lipinski definition) is 0. The summed E-state index contributed by atoms with van der Waals surface area (Å²) in [5.74, 6) is 0. The Bertz CT molecular complexity index is 2090. The summed E-state index contributed by atoms with van der Waals surface area (Å²) in [6.07, 6.45) is 0. The number of nitrogens with zero attached hydrogens (tertiary/aromatic N) is 1. The summed E-state index contributed by atoms with van der Waals surface area (Å²) in [7, 11) is 0. The van der Waals surface area contributed by atoms with Crippen molar-refractivity contribution in [3.63, 3.8) is 0 Å². The molecule has 0 unspecified atom stereocenters. The molecule has 7 aromatic rings. The Balaban J connectivity index is 1.54. The Hall–Kier alpha value is -5.14. The zero-order valence-corrected chi connectivity index (χ0v) is 22.8. The first-order chi connectivity index (χ1) is 20.2. The fourth-order valence-electron chi connectivity index (χ4n) is 7.53. The normalized spacial score (nSPS) is 14.1. The van der Waals surface area contributed by atoms with Crippen LogP contribution in [0.3, 0.4) is 0 Å². The molecule has 1 aliphatic heterocycles. The molecule has 0 fully saturated rings. The number of hydrogen-bond acceptors (Lipinski definition) is 1. The second-order valence-electron chi connectivity index (χ2n) is 11.4. The van der Waals surface area contributed by atoms with E-state index in [9.17, 15) is 0 Å². The van der Waals surface area contributed by atoms with E-state index in [4.69, 9.17) is 0 Å². The Kier molecular flexibility index (Phi) is 4.52. The maximum atomic E-state index is 2.49. The number of para-hydroxylation sites is 1. The van der Waals surface area contributed by atoms with Crippen LogP contribution in [0.1, 0.15) is 27.8 Å². The van der Waals surface area contributed by atoms with Gasteiger partial charge in [0.15, 0.2) is 0 Å². The highest BCUT2D eigenvalue weighted by Gasteiger charge is 2.52. The maximum absolute atomic E-state index is 2.49. The molecule has 0 bridgehead atoms. The van der Waals surface area contributed by atoms with Gasteiger partial charge in [0.2, 0.25) is 0 Å². The first-order valence-electron chi connectivity index (χ1n) is 14.4. The molecule has 1 nitrogen and oxygen atoms in total. The molecule has 1 aliphatic carbocycles. The lowest BCUT2D eigenvalue weighted by Gasteiger charge is -2.45. The van der Waals surface area contributed by atoms with Gasteiger partial charge >= 0.3 is 0 Å². The summed E-state index contributed by atoms with van der Waals surface area (Å²) >= 11 is 0. The summed E-state index contributed by atoms with van der Waals surface area (Å²) in [6, 6.07) is 54.3. The molecule has 0 saturated carbocycles. The fourth-order valence-corrected chi connectivity index (χ4v) is 7.53. The van der Waals surface area contributed by atoms with Crippen LogP contribution in [0.25, 0.3) is 32.7 Å². The van der Waals surface area contributed by atoms with E-state index in [1.165, 1.54) is 77.6 Å². The van der Waals surface area contributed by atoms with E-state index in [2.05, 4.69) is 157 Å².